The molecule has 7 heteroatoms. The molecule has 1 unspecified atom stereocenters. The van der Waals surface area contributed by atoms with E-state index in [0.717, 1.165) is 0 Å². The van der Waals surface area contributed by atoms with Crippen LogP contribution in [0.15, 0.2) is 47.5 Å². The molecule has 0 radical (unpaired) electrons. The number of nitrogens with two attached hydrogens (primary N) is 1. The van der Waals surface area contributed by atoms with E-state index in [1.807, 2.05) is 26.0 Å². The highest BCUT2D eigenvalue weighted by Crippen LogP contribution is 2.29. The molecule has 2 aromatic rings. The van der Waals surface area contributed by atoms with Crippen molar-refractivity contribution in [1.29, 1.82) is 0 Å². The normalized spacial score (nSPS) is 12.4. The van der Waals surface area contributed by atoms with Crippen LogP contribution in [-0.4, -0.2) is 31.8 Å². The highest BCUT2D eigenvalue weighted by Gasteiger charge is 2.10. The van der Waals surface area contributed by atoms with E-state index in [9.17, 15) is 4.39 Å². The molecule has 2 rings (SSSR count). The zero-order chi connectivity index (χ0) is 19.6. The van der Waals surface area contributed by atoms with Crippen molar-refractivity contribution in [3.63, 3.8) is 0 Å². The summed E-state index contributed by atoms with van der Waals surface area (Å²) in [7, 11) is 0. The monoisotopic (exact) mass is 375 g/mol. The van der Waals surface area contributed by atoms with E-state index < -0.39 is 5.82 Å². The molecule has 0 spiro atoms. The van der Waals surface area contributed by atoms with Crippen molar-refractivity contribution >= 4 is 11.6 Å². The number of anilines is 1. The highest BCUT2D eigenvalue weighted by atomic mass is 19.1. The number of para-hydroxylation sites is 1. The minimum Gasteiger partial charge on any atom is -0.494 e. The van der Waals surface area contributed by atoms with Gasteiger partial charge in [-0.05, 0) is 45.0 Å². The first kappa shape index (κ1) is 20.4. The number of hydrogen-bond acceptors (Lipinski definition) is 4. The second-order valence-corrected chi connectivity index (χ2v) is 5.73. The van der Waals surface area contributed by atoms with Crippen LogP contribution < -0.4 is 25.3 Å². The lowest BCUT2D eigenvalue weighted by molar-refractivity contribution is 0.220. The number of ether oxygens (including phenoxy) is 3. The Morgan fingerprint density at radius 2 is 1.85 bits per heavy atom. The van der Waals surface area contributed by atoms with E-state index in [-0.39, 0.29) is 24.4 Å². The summed E-state index contributed by atoms with van der Waals surface area (Å²) in [4.78, 5) is 4.26. The van der Waals surface area contributed by atoms with Crippen molar-refractivity contribution < 1.29 is 18.6 Å². The zero-order valence-corrected chi connectivity index (χ0v) is 15.9. The van der Waals surface area contributed by atoms with Gasteiger partial charge in [-0.1, -0.05) is 12.1 Å². The zero-order valence-electron chi connectivity index (χ0n) is 15.9. The lowest BCUT2D eigenvalue weighted by Gasteiger charge is -2.15. The van der Waals surface area contributed by atoms with Crippen LogP contribution in [0, 0.1) is 5.82 Å². The second kappa shape index (κ2) is 10.3. The molecular weight excluding hydrogens is 349 g/mol. The topological polar surface area (TPSA) is 78.1 Å². The summed E-state index contributed by atoms with van der Waals surface area (Å²) in [5, 5.41) is 3.02. The average molecular weight is 375 g/mol. The van der Waals surface area contributed by atoms with Gasteiger partial charge in [0, 0.05) is 6.07 Å². The van der Waals surface area contributed by atoms with Crippen molar-refractivity contribution in [3.8, 4) is 17.2 Å². The minimum absolute atomic E-state index is 0.190. The molecule has 0 aliphatic carbocycles. The third kappa shape index (κ3) is 6.36. The van der Waals surface area contributed by atoms with Crippen LogP contribution in [0.2, 0.25) is 0 Å². The summed E-state index contributed by atoms with van der Waals surface area (Å²) in [6, 6.07) is 11.7. The first-order valence-corrected chi connectivity index (χ1v) is 8.91. The van der Waals surface area contributed by atoms with Gasteiger partial charge in [-0.3, -0.25) is 0 Å². The molecule has 0 bridgehead atoms. The number of hydrogen-bond donors (Lipinski definition) is 2. The lowest BCUT2D eigenvalue weighted by Crippen LogP contribution is -2.26. The molecule has 3 N–H and O–H groups in total. The van der Waals surface area contributed by atoms with Crippen molar-refractivity contribution in [2.45, 2.75) is 26.9 Å². The summed E-state index contributed by atoms with van der Waals surface area (Å²) < 4.78 is 30.3. The lowest BCUT2D eigenvalue weighted by atomic mass is 10.2. The van der Waals surface area contributed by atoms with E-state index in [0.29, 0.717) is 30.4 Å². The summed E-state index contributed by atoms with van der Waals surface area (Å²) in [5.74, 6) is 1.33. The molecule has 0 aliphatic rings. The van der Waals surface area contributed by atoms with Gasteiger partial charge in [0.15, 0.2) is 17.5 Å². The van der Waals surface area contributed by atoms with Crippen LogP contribution in [0.5, 0.6) is 17.2 Å². The van der Waals surface area contributed by atoms with Crippen molar-refractivity contribution in [2.75, 3.05) is 25.1 Å². The number of guanidine groups is 1. The number of rotatable bonds is 9. The van der Waals surface area contributed by atoms with Gasteiger partial charge < -0.3 is 25.3 Å². The number of nitrogens with zero attached hydrogens (tertiary/aromatic N) is 1. The maximum atomic E-state index is 13.6. The summed E-state index contributed by atoms with van der Waals surface area (Å²) in [6.45, 7) is 6.96. The second-order valence-electron chi connectivity index (χ2n) is 5.73. The first-order valence-electron chi connectivity index (χ1n) is 8.91. The Kier molecular flexibility index (Phi) is 7.73. The van der Waals surface area contributed by atoms with E-state index >= 15 is 0 Å². The molecule has 0 saturated heterocycles. The van der Waals surface area contributed by atoms with Gasteiger partial charge in [-0.15, -0.1) is 0 Å². The van der Waals surface area contributed by atoms with Gasteiger partial charge in [-0.25, -0.2) is 9.38 Å². The summed E-state index contributed by atoms with van der Waals surface area (Å²) in [5.41, 5.74) is 6.64. The number of nitrogens with one attached hydrogen (secondary N) is 1. The fourth-order valence-corrected chi connectivity index (χ4v) is 2.34. The molecule has 27 heavy (non-hydrogen) atoms. The molecule has 0 saturated carbocycles. The Bertz CT molecular complexity index is 768. The van der Waals surface area contributed by atoms with Crippen molar-refractivity contribution in [2.24, 2.45) is 10.7 Å². The Balaban J connectivity index is 2.01. The van der Waals surface area contributed by atoms with Gasteiger partial charge >= 0.3 is 0 Å². The molecule has 0 amide bonds. The molecule has 0 fully saturated rings. The van der Waals surface area contributed by atoms with Crippen molar-refractivity contribution in [1.82, 2.24) is 0 Å². The van der Waals surface area contributed by atoms with Crippen LogP contribution in [0.3, 0.4) is 0 Å². The largest absolute Gasteiger partial charge is 0.494 e. The Morgan fingerprint density at radius 3 is 2.56 bits per heavy atom. The fraction of sp³-hybridized carbons (Fsp3) is 0.350. The molecule has 0 aliphatic heterocycles. The number of aliphatic imine (C=N–C) groups is 1. The smallest absolute Gasteiger partial charge is 0.193 e. The van der Waals surface area contributed by atoms with Gasteiger partial charge in [0.1, 0.15) is 17.6 Å². The minimum atomic E-state index is -0.409. The summed E-state index contributed by atoms with van der Waals surface area (Å²) >= 11 is 0. The van der Waals surface area contributed by atoms with Gasteiger partial charge in [0.2, 0.25) is 0 Å². The molecule has 1 atom stereocenters. The first-order chi connectivity index (χ1) is 13.0. The van der Waals surface area contributed by atoms with Crippen LogP contribution in [0.25, 0.3) is 0 Å². The van der Waals surface area contributed by atoms with E-state index in [1.54, 1.807) is 31.2 Å². The third-order valence-corrected chi connectivity index (χ3v) is 3.51. The van der Waals surface area contributed by atoms with Crippen LogP contribution in [0.4, 0.5) is 10.1 Å². The Labute approximate surface area is 159 Å². The molecule has 146 valence electrons. The molecule has 6 nitrogen and oxygen atoms in total. The van der Waals surface area contributed by atoms with E-state index in [4.69, 9.17) is 19.9 Å². The fourth-order valence-electron chi connectivity index (χ4n) is 2.34. The van der Waals surface area contributed by atoms with E-state index in [1.165, 1.54) is 6.07 Å². The SMILES string of the molecule is CCOc1ccc(OCC)c(NC(N)=NCC(C)Oc2ccccc2F)c1. The average Bonchev–Trinajstić information content (AvgIpc) is 2.64. The van der Waals surface area contributed by atoms with Gasteiger partial charge in [-0.2, -0.15) is 0 Å². The third-order valence-electron chi connectivity index (χ3n) is 3.51. The standard InChI is InChI=1S/C20H26FN3O3/c1-4-25-15-10-11-19(26-5-2)17(12-15)24-20(22)23-13-14(3)27-18-9-7-6-8-16(18)21/h6-12,14H,4-5,13H2,1-3H3,(H3,22,23,24). The molecular formula is C20H26FN3O3. The number of halogens is 1. The maximum absolute atomic E-state index is 13.6. The van der Waals surface area contributed by atoms with Crippen LogP contribution in [-0.2, 0) is 0 Å². The van der Waals surface area contributed by atoms with E-state index in [2.05, 4.69) is 10.3 Å². The Morgan fingerprint density at radius 1 is 1.11 bits per heavy atom. The summed E-state index contributed by atoms with van der Waals surface area (Å²) in [6.07, 6.45) is -0.344. The maximum Gasteiger partial charge on any atom is 0.193 e. The highest BCUT2D eigenvalue weighted by molar-refractivity contribution is 5.94. The quantitative estimate of drug-likeness (QED) is 0.515. The predicted octanol–water partition coefficient (Wildman–Crippen LogP) is 3.82. The van der Waals surface area contributed by atoms with Crippen LogP contribution in [0.1, 0.15) is 20.8 Å². The molecule has 2 aromatic carbocycles. The van der Waals surface area contributed by atoms with Crippen molar-refractivity contribution in [3.05, 3.63) is 48.3 Å². The molecule has 0 aromatic heterocycles. The predicted molar refractivity (Wildman–Crippen MR) is 105 cm³/mol. The van der Waals surface area contributed by atoms with Gasteiger partial charge in [0.25, 0.3) is 0 Å². The van der Waals surface area contributed by atoms with Gasteiger partial charge in [0.05, 0.1) is 25.4 Å². The molecule has 0 heterocycles. The Hall–Kier alpha value is -2.96. The van der Waals surface area contributed by atoms with Crippen LogP contribution >= 0.6 is 0 Å². The number of benzene rings is 2.